The third kappa shape index (κ3) is 2.36. The molecule has 5 nitrogen and oxygen atoms in total. The van der Waals surface area contributed by atoms with Crippen LogP contribution in [0.2, 0.25) is 0 Å². The number of nitrogens with one attached hydrogen (secondary N) is 3. The van der Waals surface area contributed by atoms with Gasteiger partial charge in [-0.15, -0.1) is 0 Å². The average Bonchev–Trinajstić information content (AvgIpc) is 3.01. The highest BCUT2D eigenvalue weighted by Crippen LogP contribution is 2.21. The summed E-state index contributed by atoms with van der Waals surface area (Å²) in [5, 5.41) is 6.39. The van der Waals surface area contributed by atoms with Crippen LogP contribution in [-0.2, 0) is 0 Å². The van der Waals surface area contributed by atoms with Crippen LogP contribution in [-0.4, -0.2) is 42.1 Å². The van der Waals surface area contributed by atoms with Gasteiger partial charge in [0.2, 0.25) is 0 Å². The van der Waals surface area contributed by atoms with Gasteiger partial charge in [-0.05, 0) is 44.0 Å². The Hall–Kier alpha value is -1.49. The van der Waals surface area contributed by atoms with Crippen LogP contribution in [0.25, 0.3) is 0 Å². The maximum atomic E-state index is 11.9. The summed E-state index contributed by atoms with van der Waals surface area (Å²) in [7, 11) is 0. The molecule has 1 aromatic rings. The molecule has 2 aliphatic rings. The number of urea groups is 1. The molecule has 2 aliphatic heterocycles. The topological polar surface area (TPSA) is 60.2 Å². The first-order valence-corrected chi connectivity index (χ1v) is 6.72. The Labute approximate surface area is 107 Å². The Bertz CT molecular complexity index is 397. The molecule has 0 spiro atoms. The number of hydrogen-bond acceptors (Lipinski definition) is 2. The van der Waals surface area contributed by atoms with E-state index in [-0.39, 0.29) is 12.1 Å². The molecule has 2 fully saturated rings. The predicted octanol–water partition coefficient (Wildman–Crippen LogP) is 1.08. The lowest BCUT2D eigenvalue weighted by atomic mass is 9.97. The Morgan fingerprint density at radius 3 is 2.89 bits per heavy atom. The van der Waals surface area contributed by atoms with Gasteiger partial charge in [0.25, 0.3) is 0 Å². The van der Waals surface area contributed by atoms with Crippen molar-refractivity contribution in [2.24, 2.45) is 5.92 Å². The van der Waals surface area contributed by atoms with Gasteiger partial charge in [0.1, 0.15) is 0 Å². The van der Waals surface area contributed by atoms with Gasteiger partial charge in [-0.25, -0.2) is 4.79 Å². The van der Waals surface area contributed by atoms with Crippen molar-refractivity contribution in [3.8, 4) is 0 Å². The first-order chi connectivity index (χ1) is 8.83. The molecule has 0 radical (unpaired) electrons. The van der Waals surface area contributed by atoms with Crippen LogP contribution in [0.1, 0.15) is 24.6 Å². The normalized spacial score (nSPS) is 25.4. The maximum absolute atomic E-state index is 11.9. The summed E-state index contributed by atoms with van der Waals surface area (Å²) >= 11 is 0. The fourth-order valence-electron chi connectivity index (χ4n) is 2.86. The van der Waals surface area contributed by atoms with Gasteiger partial charge in [0, 0.05) is 25.0 Å². The first-order valence-electron chi connectivity index (χ1n) is 6.72. The largest absolute Gasteiger partial charge is 0.363 e. The number of nitrogens with zero attached hydrogens (tertiary/aromatic N) is 1. The first kappa shape index (κ1) is 11.6. The summed E-state index contributed by atoms with van der Waals surface area (Å²) in [6, 6.07) is 4.19. The van der Waals surface area contributed by atoms with Crippen molar-refractivity contribution in [1.29, 1.82) is 0 Å². The second-order valence-electron chi connectivity index (χ2n) is 5.23. The molecule has 1 atom stereocenters. The van der Waals surface area contributed by atoms with Crippen LogP contribution in [0, 0.1) is 5.92 Å². The van der Waals surface area contributed by atoms with Crippen molar-refractivity contribution in [2.75, 3.05) is 26.2 Å². The zero-order valence-corrected chi connectivity index (χ0v) is 10.5. The minimum Gasteiger partial charge on any atom is -0.363 e. The van der Waals surface area contributed by atoms with E-state index < -0.39 is 0 Å². The SMILES string of the molecule is O=C1NC(c2ccc[nH]2)CN1CC1CCNCC1. The number of rotatable bonds is 3. The fraction of sp³-hybridized carbons (Fsp3) is 0.615. The highest BCUT2D eigenvalue weighted by atomic mass is 16.2. The van der Waals surface area contributed by atoms with Crippen molar-refractivity contribution in [3.63, 3.8) is 0 Å². The van der Waals surface area contributed by atoms with E-state index in [1.807, 2.05) is 23.2 Å². The quantitative estimate of drug-likeness (QED) is 0.749. The molecule has 98 valence electrons. The lowest BCUT2D eigenvalue weighted by Gasteiger charge is -2.26. The summed E-state index contributed by atoms with van der Waals surface area (Å²) in [5.74, 6) is 0.652. The predicted molar refractivity (Wildman–Crippen MR) is 69.2 cm³/mol. The minimum atomic E-state index is 0.0770. The van der Waals surface area contributed by atoms with E-state index >= 15 is 0 Å². The zero-order valence-electron chi connectivity index (χ0n) is 10.5. The molecule has 3 rings (SSSR count). The molecule has 18 heavy (non-hydrogen) atoms. The van der Waals surface area contributed by atoms with Crippen molar-refractivity contribution >= 4 is 6.03 Å². The minimum absolute atomic E-state index is 0.0770. The van der Waals surface area contributed by atoms with Crippen molar-refractivity contribution in [3.05, 3.63) is 24.0 Å². The number of carbonyl (C=O) groups excluding carboxylic acids is 1. The molecular weight excluding hydrogens is 228 g/mol. The molecule has 2 amide bonds. The summed E-state index contributed by atoms with van der Waals surface area (Å²) in [4.78, 5) is 17.1. The average molecular weight is 248 g/mol. The van der Waals surface area contributed by atoms with Gasteiger partial charge < -0.3 is 20.5 Å². The van der Waals surface area contributed by atoms with Gasteiger partial charge in [-0.2, -0.15) is 0 Å². The molecule has 0 bridgehead atoms. The lowest BCUT2D eigenvalue weighted by Crippen LogP contribution is -2.37. The van der Waals surface area contributed by atoms with Gasteiger partial charge in [-0.1, -0.05) is 0 Å². The number of H-pyrrole nitrogens is 1. The zero-order chi connectivity index (χ0) is 12.4. The molecule has 0 saturated carbocycles. The summed E-state index contributed by atoms with van der Waals surface area (Å²) in [6.45, 7) is 3.84. The number of aromatic amines is 1. The number of amides is 2. The third-order valence-electron chi connectivity index (χ3n) is 3.92. The van der Waals surface area contributed by atoms with Gasteiger partial charge in [0.15, 0.2) is 0 Å². The molecule has 2 saturated heterocycles. The monoisotopic (exact) mass is 248 g/mol. The number of carbonyl (C=O) groups is 1. The standard InChI is InChI=1S/C13H20N4O/c18-13-16-12(11-2-1-5-15-11)9-17(13)8-10-3-6-14-7-4-10/h1-2,5,10,12,14-15H,3-4,6-9H2,(H,16,18). The van der Waals surface area contributed by atoms with Crippen molar-refractivity contribution in [2.45, 2.75) is 18.9 Å². The highest BCUT2D eigenvalue weighted by molar-refractivity contribution is 5.77. The van der Waals surface area contributed by atoms with Crippen molar-refractivity contribution < 1.29 is 4.79 Å². The van der Waals surface area contributed by atoms with Crippen LogP contribution in [0.15, 0.2) is 18.3 Å². The van der Waals surface area contributed by atoms with Crippen LogP contribution >= 0.6 is 0 Å². The summed E-state index contributed by atoms with van der Waals surface area (Å²) in [6.07, 6.45) is 4.25. The van der Waals surface area contributed by atoms with Crippen LogP contribution in [0.5, 0.6) is 0 Å². The van der Waals surface area contributed by atoms with Gasteiger partial charge in [-0.3, -0.25) is 0 Å². The summed E-state index contributed by atoms with van der Waals surface area (Å²) in [5.41, 5.74) is 1.09. The molecule has 5 heteroatoms. The smallest absolute Gasteiger partial charge is 0.318 e. The van der Waals surface area contributed by atoms with E-state index in [1.165, 1.54) is 12.8 Å². The van der Waals surface area contributed by atoms with Crippen LogP contribution in [0.3, 0.4) is 0 Å². The Morgan fingerprint density at radius 2 is 2.17 bits per heavy atom. The molecule has 0 aromatic carbocycles. The van der Waals surface area contributed by atoms with E-state index in [0.29, 0.717) is 5.92 Å². The molecular formula is C13H20N4O. The third-order valence-corrected chi connectivity index (χ3v) is 3.92. The fourth-order valence-corrected chi connectivity index (χ4v) is 2.86. The van der Waals surface area contributed by atoms with Crippen LogP contribution in [0.4, 0.5) is 4.79 Å². The Morgan fingerprint density at radius 1 is 1.33 bits per heavy atom. The molecule has 3 heterocycles. The van der Waals surface area contributed by atoms with Crippen molar-refractivity contribution in [1.82, 2.24) is 20.5 Å². The number of aromatic nitrogens is 1. The lowest BCUT2D eigenvalue weighted by molar-refractivity contribution is 0.201. The second-order valence-corrected chi connectivity index (χ2v) is 5.23. The van der Waals surface area contributed by atoms with Crippen LogP contribution < -0.4 is 10.6 Å². The molecule has 0 aliphatic carbocycles. The van der Waals surface area contributed by atoms with Gasteiger partial charge in [0.05, 0.1) is 6.04 Å². The Kier molecular flexibility index (Phi) is 3.23. The highest BCUT2D eigenvalue weighted by Gasteiger charge is 2.31. The molecule has 1 aromatic heterocycles. The number of piperidine rings is 1. The van der Waals surface area contributed by atoms with E-state index in [9.17, 15) is 4.79 Å². The summed E-state index contributed by atoms with van der Waals surface area (Å²) < 4.78 is 0. The van der Waals surface area contributed by atoms with E-state index in [0.717, 1.165) is 31.9 Å². The Balaban J connectivity index is 1.58. The van der Waals surface area contributed by atoms with E-state index in [1.54, 1.807) is 0 Å². The van der Waals surface area contributed by atoms with E-state index in [2.05, 4.69) is 15.6 Å². The number of hydrogen-bond donors (Lipinski definition) is 3. The second kappa shape index (κ2) is 5.02. The molecule has 1 unspecified atom stereocenters. The van der Waals surface area contributed by atoms with E-state index in [4.69, 9.17) is 0 Å². The maximum Gasteiger partial charge on any atom is 0.318 e. The molecule has 3 N–H and O–H groups in total. The van der Waals surface area contributed by atoms with Gasteiger partial charge >= 0.3 is 6.03 Å².